The minimum Gasteiger partial charge on any atom is -0.248 e. The molecule has 0 bridgehead atoms. The van der Waals surface area contributed by atoms with Crippen molar-refractivity contribution in [1.29, 1.82) is 0 Å². The van der Waals surface area contributed by atoms with Crippen LogP contribution in [0.25, 0.3) is 0 Å². The van der Waals surface area contributed by atoms with Crippen molar-refractivity contribution in [3.8, 4) is 0 Å². The molecule has 1 aliphatic rings. The number of halogens is 2. The van der Waals surface area contributed by atoms with Gasteiger partial charge in [-0.2, -0.15) is 0 Å². The minimum absolute atomic E-state index is 0.210. The summed E-state index contributed by atoms with van der Waals surface area (Å²) in [4.78, 5) is 0. The number of hydrogen-bond donors (Lipinski definition) is 1. The fraction of sp³-hybridized carbons (Fsp3) is 0.571. The van der Waals surface area contributed by atoms with Crippen molar-refractivity contribution in [2.45, 2.75) is 39.2 Å². The quantitative estimate of drug-likeness (QED) is 0.890. The van der Waals surface area contributed by atoms with Gasteiger partial charge < -0.3 is 0 Å². The lowest BCUT2D eigenvalue weighted by molar-refractivity contribution is 0.132. The second-order valence-corrected chi connectivity index (χ2v) is 5.02. The molecule has 1 fully saturated rings. The van der Waals surface area contributed by atoms with E-state index in [0.29, 0.717) is 11.1 Å². The monoisotopic (exact) mass is 254 g/mol. The van der Waals surface area contributed by atoms with Crippen LogP contribution in [0.3, 0.4) is 0 Å². The lowest BCUT2D eigenvalue weighted by Gasteiger charge is -2.30. The number of rotatable bonds is 3. The molecule has 0 aromatic heterocycles. The van der Waals surface area contributed by atoms with Gasteiger partial charge in [0.25, 0.3) is 0 Å². The van der Waals surface area contributed by atoms with Gasteiger partial charge in [-0.1, -0.05) is 6.42 Å². The zero-order valence-electron chi connectivity index (χ0n) is 11.0. The fourth-order valence-corrected chi connectivity index (χ4v) is 2.36. The molecule has 1 heterocycles. The van der Waals surface area contributed by atoms with Crippen molar-refractivity contribution < 1.29 is 8.78 Å². The van der Waals surface area contributed by atoms with E-state index in [2.05, 4.69) is 10.4 Å². The Hall–Kier alpha value is -1.00. The van der Waals surface area contributed by atoms with Crippen LogP contribution in [0, 0.1) is 18.6 Å². The lowest BCUT2D eigenvalue weighted by atomic mass is 10.1. The maximum atomic E-state index is 13.8. The molecule has 0 spiro atoms. The van der Waals surface area contributed by atoms with E-state index in [9.17, 15) is 8.78 Å². The first-order valence-electron chi connectivity index (χ1n) is 6.54. The Bertz CT molecular complexity index is 415. The summed E-state index contributed by atoms with van der Waals surface area (Å²) in [5, 5.41) is 2.10. The van der Waals surface area contributed by atoms with Gasteiger partial charge in [-0.3, -0.25) is 0 Å². The van der Waals surface area contributed by atoms with Crippen LogP contribution in [0.5, 0.6) is 0 Å². The van der Waals surface area contributed by atoms with Crippen LogP contribution in [-0.4, -0.2) is 18.1 Å². The third kappa shape index (κ3) is 3.06. The molecule has 1 saturated heterocycles. The molecule has 1 N–H and O–H groups in total. The van der Waals surface area contributed by atoms with Gasteiger partial charge in [-0.05, 0) is 44.4 Å². The van der Waals surface area contributed by atoms with Crippen LogP contribution in [0.2, 0.25) is 0 Å². The number of piperidine rings is 1. The summed E-state index contributed by atoms with van der Waals surface area (Å²) in [6.07, 6.45) is 3.56. The van der Waals surface area contributed by atoms with Crippen molar-refractivity contribution in [2.24, 2.45) is 0 Å². The van der Waals surface area contributed by atoms with Gasteiger partial charge in [0.05, 0.1) is 0 Å². The highest BCUT2D eigenvalue weighted by Crippen LogP contribution is 2.21. The normalized spacial score (nSPS) is 18.9. The predicted octanol–water partition coefficient (Wildman–Crippen LogP) is 3.32. The average molecular weight is 254 g/mol. The van der Waals surface area contributed by atoms with E-state index in [1.165, 1.54) is 18.6 Å². The molecule has 0 saturated carbocycles. The Morgan fingerprint density at radius 3 is 2.44 bits per heavy atom. The highest BCUT2D eigenvalue weighted by molar-refractivity contribution is 5.27. The molecule has 1 aliphatic heterocycles. The Balaban J connectivity index is 2.08. The number of hydrazine groups is 1. The molecule has 100 valence electrons. The topological polar surface area (TPSA) is 15.3 Å². The molecule has 4 heteroatoms. The highest BCUT2D eigenvalue weighted by Gasteiger charge is 2.17. The summed E-state index contributed by atoms with van der Waals surface area (Å²) >= 11 is 0. The van der Waals surface area contributed by atoms with Crippen molar-refractivity contribution in [1.82, 2.24) is 10.4 Å². The molecular weight excluding hydrogens is 234 g/mol. The zero-order chi connectivity index (χ0) is 13.1. The number of nitrogens with one attached hydrogen (secondary N) is 1. The van der Waals surface area contributed by atoms with E-state index in [0.717, 1.165) is 25.9 Å². The zero-order valence-corrected chi connectivity index (χ0v) is 11.0. The molecule has 18 heavy (non-hydrogen) atoms. The number of hydrogen-bond acceptors (Lipinski definition) is 2. The Kier molecular flexibility index (Phi) is 4.30. The summed E-state index contributed by atoms with van der Waals surface area (Å²) in [6.45, 7) is 5.38. The maximum absolute atomic E-state index is 13.8. The van der Waals surface area contributed by atoms with Crippen molar-refractivity contribution in [3.63, 3.8) is 0 Å². The predicted molar refractivity (Wildman–Crippen MR) is 68.1 cm³/mol. The molecule has 0 aliphatic carbocycles. The van der Waals surface area contributed by atoms with E-state index < -0.39 is 0 Å². The molecular formula is C14H20F2N2. The largest absolute Gasteiger partial charge is 0.248 e. The van der Waals surface area contributed by atoms with Crippen LogP contribution < -0.4 is 5.43 Å². The van der Waals surface area contributed by atoms with Crippen molar-refractivity contribution in [2.75, 3.05) is 13.1 Å². The fourth-order valence-electron chi connectivity index (χ4n) is 2.36. The van der Waals surface area contributed by atoms with Gasteiger partial charge in [0.15, 0.2) is 0 Å². The standard InChI is InChI=1S/C14H20F2N2/c1-10-8-14(16)12(9-13(10)15)11(2)17-18-6-4-3-5-7-18/h8-9,11,17H,3-7H2,1-2H3. The second kappa shape index (κ2) is 5.76. The molecule has 0 amide bonds. The SMILES string of the molecule is Cc1cc(F)c(C(C)NN2CCCCC2)cc1F. The van der Waals surface area contributed by atoms with E-state index >= 15 is 0 Å². The van der Waals surface area contributed by atoms with Gasteiger partial charge in [0, 0.05) is 24.7 Å². The molecule has 1 aromatic carbocycles. The van der Waals surface area contributed by atoms with Gasteiger partial charge in [-0.15, -0.1) is 0 Å². The van der Waals surface area contributed by atoms with Crippen LogP contribution >= 0.6 is 0 Å². The Morgan fingerprint density at radius 2 is 1.78 bits per heavy atom. The highest BCUT2D eigenvalue weighted by atomic mass is 19.1. The minimum atomic E-state index is -0.348. The summed E-state index contributed by atoms with van der Waals surface area (Å²) in [7, 11) is 0. The molecule has 2 nitrogen and oxygen atoms in total. The molecule has 0 radical (unpaired) electrons. The third-order valence-corrected chi connectivity index (χ3v) is 3.48. The number of benzene rings is 1. The lowest BCUT2D eigenvalue weighted by Crippen LogP contribution is -2.43. The van der Waals surface area contributed by atoms with Crippen LogP contribution in [0.4, 0.5) is 8.78 Å². The van der Waals surface area contributed by atoms with E-state index in [1.807, 2.05) is 6.92 Å². The molecule has 1 aromatic rings. The van der Waals surface area contributed by atoms with Gasteiger partial charge in [-0.25, -0.2) is 19.2 Å². The smallest absolute Gasteiger partial charge is 0.128 e. The summed E-state index contributed by atoms with van der Waals surface area (Å²) in [5.41, 5.74) is 3.99. The van der Waals surface area contributed by atoms with Crippen LogP contribution in [0.1, 0.15) is 43.4 Å². The van der Waals surface area contributed by atoms with Crippen LogP contribution in [-0.2, 0) is 0 Å². The van der Waals surface area contributed by atoms with Crippen molar-refractivity contribution in [3.05, 3.63) is 34.9 Å². The Morgan fingerprint density at radius 1 is 1.11 bits per heavy atom. The van der Waals surface area contributed by atoms with E-state index in [-0.39, 0.29) is 17.7 Å². The van der Waals surface area contributed by atoms with E-state index in [4.69, 9.17) is 0 Å². The molecule has 1 atom stereocenters. The number of nitrogens with zero attached hydrogens (tertiary/aromatic N) is 1. The second-order valence-electron chi connectivity index (χ2n) is 5.02. The first kappa shape index (κ1) is 13.4. The maximum Gasteiger partial charge on any atom is 0.128 e. The molecule has 2 rings (SSSR count). The first-order chi connectivity index (χ1) is 8.58. The summed E-state index contributed by atoms with van der Waals surface area (Å²) in [5.74, 6) is -0.690. The summed E-state index contributed by atoms with van der Waals surface area (Å²) < 4.78 is 27.3. The van der Waals surface area contributed by atoms with Gasteiger partial charge in [0.1, 0.15) is 11.6 Å². The number of aryl methyl sites for hydroxylation is 1. The van der Waals surface area contributed by atoms with E-state index in [1.54, 1.807) is 6.92 Å². The van der Waals surface area contributed by atoms with Crippen LogP contribution in [0.15, 0.2) is 12.1 Å². The Labute approximate surface area is 107 Å². The third-order valence-electron chi connectivity index (χ3n) is 3.48. The molecule has 1 unspecified atom stereocenters. The average Bonchev–Trinajstić information content (AvgIpc) is 2.35. The van der Waals surface area contributed by atoms with Crippen molar-refractivity contribution >= 4 is 0 Å². The summed E-state index contributed by atoms with van der Waals surface area (Å²) in [6, 6.07) is 2.35. The first-order valence-corrected chi connectivity index (χ1v) is 6.54. The van der Waals surface area contributed by atoms with Gasteiger partial charge in [0.2, 0.25) is 0 Å². The van der Waals surface area contributed by atoms with Gasteiger partial charge >= 0.3 is 0 Å².